The van der Waals surface area contributed by atoms with E-state index in [0.717, 1.165) is 16.0 Å². The summed E-state index contributed by atoms with van der Waals surface area (Å²) in [7, 11) is 0. The van der Waals surface area contributed by atoms with Gasteiger partial charge in [0.2, 0.25) is 0 Å². The van der Waals surface area contributed by atoms with Crippen molar-refractivity contribution in [3.8, 4) is 5.69 Å². The Balaban J connectivity index is 1.96. The molecule has 4 nitrogen and oxygen atoms in total. The molecule has 19 heavy (non-hydrogen) atoms. The zero-order chi connectivity index (χ0) is 13.2. The summed E-state index contributed by atoms with van der Waals surface area (Å²) >= 11 is 3.53. The van der Waals surface area contributed by atoms with Gasteiger partial charge in [-0.05, 0) is 54.0 Å². The highest BCUT2D eigenvalue weighted by Gasteiger charge is 2.22. The number of aromatic nitrogens is 4. The van der Waals surface area contributed by atoms with Crippen LogP contribution < -0.4 is 0 Å². The minimum Gasteiger partial charge on any atom is -0.197 e. The Kier molecular flexibility index (Phi) is 3.64. The van der Waals surface area contributed by atoms with Crippen LogP contribution in [0.15, 0.2) is 22.7 Å². The minimum atomic E-state index is 0.507. The largest absolute Gasteiger partial charge is 0.197 e. The molecule has 100 valence electrons. The molecular formula is C14H17BrN4. The molecule has 0 amide bonds. The molecule has 5 heteroatoms. The Bertz CT molecular complexity index is 573. The van der Waals surface area contributed by atoms with Gasteiger partial charge in [0.05, 0.1) is 5.69 Å². The van der Waals surface area contributed by atoms with E-state index in [0.29, 0.717) is 5.92 Å². The molecule has 0 radical (unpaired) electrons. The normalized spacial score (nSPS) is 16.7. The number of benzene rings is 1. The number of hydrogen-bond donors (Lipinski definition) is 0. The van der Waals surface area contributed by atoms with Crippen molar-refractivity contribution in [2.45, 2.75) is 44.9 Å². The van der Waals surface area contributed by atoms with E-state index in [1.807, 2.05) is 4.68 Å². The van der Waals surface area contributed by atoms with Crippen LogP contribution in [-0.4, -0.2) is 20.2 Å². The fourth-order valence-electron chi connectivity index (χ4n) is 2.75. The minimum absolute atomic E-state index is 0.507. The maximum absolute atomic E-state index is 4.26. The van der Waals surface area contributed by atoms with Gasteiger partial charge >= 0.3 is 0 Å². The third kappa shape index (κ3) is 2.56. The molecular weight excluding hydrogens is 304 g/mol. The van der Waals surface area contributed by atoms with Gasteiger partial charge in [0.15, 0.2) is 5.82 Å². The molecule has 0 atom stereocenters. The second-order valence-electron chi connectivity index (χ2n) is 5.22. The van der Waals surface area contributed by atoms with Crippen LogP contribution in [0.3, 0.4) is 0 Å². The lowest BCUT2D eigenvalue weighted by Gasteiger charge is -2.20. The zero-order valence-corrected chi connectivity index (χ0v) is 12.6. The molecule has 3 rings (SSSR count). The number of tetrazole rings is 1. The van der Waals surface area contributed by atoms with Gasteiger partial charge in [-0.3, -0.25) is 0 Å². The molecule has 0 spiro atoms. The topological polar surface area (TPSA) is 43.6 Å². The fourth-order valence-corrected chi connectivity index (χ4v) is 3.00. The standard InChI is InChI=1S/C14H17BrN4/c1-10-9-12(7-8-13(10)15)19-14(16-17-18-19)11-5-3-2-4-6-11/h7-9,11H,2-6H2,1H3. The van der Waals surface area contributed by atoms with Crippen LogP contribution in [0.4, 0.5) is 0 Å². The van der Waals surface area contributed by atoms with E-state index >= 15 is 0 Å². The van der Waals surface area contributed by atoms with Crippen molar-refractivity contribution >= 4 is 15.9 Å². The van der Waals surface area contributed by atoms with E-state index < -0.39 is 0 Å². The van der Waals surface area contributed by atoms with Crippen LogP contribution in [0.1, 0.15) is 49.4 Å². The first kappa shape index (κ1) is 12.8. The van der Waals surface area contributed by atoms with E-state index in [1.54, 1.807) is 0 Å². The molecule has 1 aliphatic carbocycles. The second kappa shape index (κ2) is 5.41. The van der Waals surface area contributed by atoms with E-state index in [-0.39, 0.29) is 0 Å². The Morgan fingerprint density at radius 3 is 2.74 bits per heavy atom. The van der Waals surface area contributed by atoms with Gasteiger partial charge in [-0.25, -0.2) is 0 Å². The summed E-state index contributed by atoms with van der Waals surface area (Å²) in [6.45, 7) is 2.08. The summed E-state index contributed by atoms with van der Waals surface area (Å²) in [5.41, 5.74) is 2.24. The third-order valence-electron chi connectivity index (χ3n) is 3.85. The molecule has 0 saturated heterocycles. The van der Waals surface area contributed by atoms with Gasteiger partial charge in [-0.2, -0.15) is 4.68 Å². The summed E-state index contributed by atoms with van der Waals surface area (Å²) in [5, 5.41) is 12.3. The van der Waals surface area contributed by atoms with Gasteiger partial charge in [-0.1, -0.05) is 35.2 Å². The smallest absolute Gasteiger partial charge is 0.159 e. The summed E-state index contributed by atoms with van der Waals surface area (Å²) in [4.78, 5) is 0. The number of nitrogens with zero attached hydrogens (tertiary/aromatic N) is 4. The van der Waals surface area contributed by atoms with Crippen molar-refractivity contribution in [3.05, 3.63) is 34.1 Å². The lowest BCUT2D eigenvalue weighted by atomic mass is 9.88. The molecule has 1 aromatic heterocycles. The molecule has 1 aromatic carbocycles. The molecule has 1 heterocycles. The predicted octanol–water partition coefficient (Wildman–Crippen LogP) is 3.78. The SMILES string of the molecule is Cc1cc(-n2nnnc2C2CCCCC2)ccc1Br. The summed E-state index contributed by atoms with van der Waals surface area (Å²) in [5.74, 6) is 1.52. The highest BCUT2D eigenvalue weighted by Crippen LogP contribution is 2.32. The summed E-state index contributed by atoms with van der Waals surface area (Å²) < 4.78 is 3.01. The Hall–Kier alpha value is -1.23. The highest BCUT2D eigenvalue weighted by atomic mass is 79.9. The Labute approximate surface area is 121 Å². The molecule has 1 saturated carbocycles. The van der Waals surface area contributed by atoms with E-state index in [9.17, 15) is 0 Å². The summed E-state index contributed by atoms with van der Waals surface area (Å²) in [6, 6.07) is 6.23. The van der Waals surface area contributed by atoms with Crippen LogP contribution in [0.5, 0.6) is 0 Å². The van der Waals surface area contributed by atoms with Crippen LogP contribution in [0, 0.1) is 6.92 Å². The van der Waals surface area contributed by atoms with E-state index in [1.165, 1.54) is 37.7 Å². The van der Waals surface area contributed by atoms with Crippen molar-refractivity contribution in [1.82, 2.24) is 20.2 Å². The number of aryl methyl sites for hydroxylation is 1. The van der Waals surface area contributed by atoms with Crippen LogP contribution in [-0.2, 0) is 0 Å². The maximum atomic E-state index is 4.26. The van der Waals surface area contributed by atoms with Crippen molar-refractivity contribution in [2.24, 2.45) is 0 Å². The lowest BCUT2D eigenvalue weighted by molar-refractivity contribution is 0.422. The second-order valence-corrected chi connectivity index (χ2v) is 6.07. The van der Waals surface area contributed by atoms with Gasteiger partial charge < -0.3 is 0 Å². The molecule has 0 unspecified atom stereocenters. The molecule has 0 aliphatic heterocycles. The molecule has 0 bridgehead atoms. The first-order valence-electron chi connectivity index (χ1n) is 6.80. The average molecular weight is 321 g/mol. The van der Waals surface area contributed by atoms with Crippen molar-refractivity contribution < 1.29 is 0 Å². The lowest BCUT2D eigenvalue weighted by Crippen LogP contribution is -2.12. The van der Waals surface area contributed by atoms with Crippen molar-refractivity contribution in [1.29, 1.82) is 0 Å². The molecule has 0 N–H and O–H groups in total. The Morgan fingerprint density at radius 1 is 1.21 bits per heavy atom. The first-order valence-corrected chi connectivity index (χ1v) is 7.60. The van der Waals surface area contributed by atoms with Gasteiger partial charge in [0, 0.05) is 10.4 Å². The van der Waals surface area contributed by atoms with Crippen LogP contribution in [0.2, 0.25) is 0 Å². The van der Waals surface area contributed by atoms with Crippen molar-refractivity contribution in [3.63, 3.8) is 0 Å². The number of rotatable bonds is 2. The van der Waals surface area contributed by atoms with E-state index in [2.05, 4.69) is 56.6 Å². The Morgan fingerprint density at radius 2 is 2.00 bits per heavy atom. The molecule has 1 aliphatic rings. The van der Waals surface area contributed by atoms with Gasteiger partial charge in [0.1, 0.15) is 0 Å². The van der Waals surface area contributed by atoms with E-state index in [4.69, 9.17) is 0 Å². The van der Waals surface area contributed by atoms with Crippen LogP contribution >= 0.6 is 15.9 Å². The van der Waals surface area contributed by atoms with Gasteiger partial charge in [0.25, 0.3) is 0 Å². The zero-order valence-electron chi connectivity index (χ0n) is 11.0. The highest BCUT2D eigenvalue weighted by molar-refractivity contribution is 9.10. The van der Waals surface area contributed by atoms with Crippen molar-refractivity contribution in [2.75, 3.05) is 0 Å². The van der Waals surface area contributed by atoms with Gasteiger partial charge in [-0.15, -0.1) is 5.10 Å². The average Bonchev–Trinajstić information content (AvgIpc) is 2.92. The monoisotopic (exact) mass is 320 g/mol. The molecule has 1 fully saturated rings. The maximum Gasteiger partial charge on any atom is 0.159 e. The van der Waals surface area contributed by atoms with Crippen LogP contribution in [0.25, 0.3) is 5.69 Å². The number of halogens is 1. The predicted molar refractivity (Wildman–Crippen MR) is 77.4 cm³/mol. The number of hydrogen-bond acceptors (Lipinski definition) is 3. The summed E-state index contributed by atoms with van der Waals surface area (Å²) in [6.07, 6.45) is 6.33. The quantitative estimate of drug-likeness (QED) is 0.845. The first-order chi connectivity index (χ1) is 9.25. The third-order valence-corrected chi connectivity index (χ3v) is 4.74. The molecule has 2 aromatic rings. The fraction of sp³-hybridized carbons (Fsp3) is 0.500.